The fourth-order valence-corrected chi connectivity index (χ4v) is 2.76. The van der Waals surface area contributed by atoms with Crippen LogP contribution in [0.2, 0.25) is 0 Å². The standard InChI is InChI=1S/C17H23N3O/c1-13-7-5-8-14(2)20(13)19-17(21)16-11-4-3-9-15(16)10-6-12-18/h3-4,9,11,13-14H,5,7-8,12,18H2,1-2H3,(H,19,21). The van der Waals surface area contributed by atoms with Gasteiger partial charge in [-0.25, -0.2) is 5.01 Å². The van der Waals surface area contributed by atoms with Crippen LogP contribution in [0.1, 0.15) is 49.0 Å². The average Bonchev–Trinajstić information content (AvgIpc) is 2.49. The van der Waals surface area contributed by atoms with Crippen LogP contribution in [-0.2, 0) is 0 Å². The van der Waals surface area contributed by atoms with E-state index in [9.17, 15) is 4.79 Å². The molecule has 0 spiro atoms. The highest BCUT2D eigenvalue weighted by Gasteiger charge is 2.26. The zero-order valence-electron chi connectivity index (χ0n) is 12.7. The number of nitrogens with one attached hydrogen (secondary N) is 1. The van der Waals surface area contributed by atoms with E-state index in [2.05, 4.69) is 36.1 Å². The van der Waals surface area contributed by atoms with Gasteiger partial charge in [-0.15, -0.1) is 0 Å². The van der Waals surface area contributed by atoms with Crippen LogP contribution >= 0.6 is 0 Å². The number of carbonyl (C=O) groups excluding carboxylic acids is 1. The van der Waals surface area contributed by atoms with E-state index in [4.69, 9.17) is 5.73 Å². The molecular formula is C17H23N3O. The molecule has 1 heterocycles. The quantitative estimate of drug-likeness (QED) is 0.816. The molecule has 21 heavy (non-hydrogen) atoms. The normalized spacial score (nSPS) is 22.2. The summed E-state index contributed by atoms with van der Waals surface area (Å²) in [7, 11) is 0. The first-order chi connectivity index (χ1) is 10.1. The lowest BCUT2D eigenvalue weighted by molar-refractivity contribution is 0.0369. The lowest BCUT2D eigenvalue weighted by Crippen LogP contribution is -2.54. The van der Waals surface area contributed by atoms with Crippen molar-refractivity contribution in [3.8, 4) is 11.8 Å². The maximum absolute atomic E-state index is 12.5. The first kappa shape index (κ1) is 15.6. The predicted molar refractivity (Wildman–Crippen MR) is 84.5 cm³/mol. The highest BCUT2D eigenvalue weighted by molar-refractivity contribution is 5.96. The van der Waals surface area contributed by atoms with E-state index in [0.717, 1.165) is 18.4 Å². The Hall–Kier alpha value is -1.83. The molecule has 0 aliphatic carbocycles. The number of nitrogens with two attached hydrogens (primary N) is 1. The Balaban J connectivity index is 2.16. The zero-order valence-corrected chi connectivity index (χ0v) is 12.7. The predicted octanol–water partition coefficient (Wildman–Crippen LogP) is 1.90. The molecule has 0 bridgehead atoms. The fourth-order valence-electron chi connectivity index (χ4n) is 2.76. The second-order valence-corrected chi connectivity index (χ2v) is 5.53. The van der Waals surface area contributed by atoms with Gasteiger partial charge in [-0.3, -0.25) is 10.2 Å². The van der Waals surface area contributed by atoms with E-state index < -0.39 is 0 Å². The molecule has 4 nitrogen and oxygen atoms in total. The minimum absolute atomic E-state index is 0.0995. The molecule has 1 saturated heterocycles. The van der Waals surface area contributed by atoms with Gasteiger partial charge in [0.2, 0.25) is 0 Å². The van der Waals surface area contributed by atoms with Crippen LogP contribution in [0.3, 0.4) is 0 Å². The van der Waals surface area contributed by atoms with Gasteiger partial charge in [0, 0.05) is 17.6 Å². The number of hydrogen-bond donors (Lipinski definition) is 2. The Bertz CT molecular complexity index is 549. The molecule has 4 heteroatoms. The van der Waals surface area contributed by atoms with Gasteiger partial charge in [-0.2, -0.15) is 0 Å². The molecule has 2 unspecified atom stereocenters. The molecule has 1 fully saturated rings. The third kappa shape index (κ3) is 3.84. The maximum Gasteiger partial charge on any atom is 0.266 e. The second-order valence-electron chi connectivity index (χ2n) is 5.53. The third-order valence-corrected chi connectivity index (χ3v) is 3.92. The summed E-state index contributed by atoms with van der Waals surface area (Å²) in [6.07, 6.45) is 3.44. The zero-order chi connectivity index (χ0) is 15.2. The monoisotopic (exact) mass is 285 g/mol. The van der Waals surface area contributed by atoms with Crippen LogP contribution in [0.5, 0.6) is 0 Å². The Morgan fingerprint density at radius 3 is 2.67 bits per heavy atom. The molecule has 1 aromatic carbocycles. The summed E-state index contributed by atoms with van der Waals surface area (Å²) in [4.78, 5) is 12.5. The summed E-state index contributed by atoms with van der Waals surface area (Å²) < 4.78 is 0. The van der Waals surface area contributed by atoms with Gasteiger partial charge in [-0.05, 0) is 38.8 Å². The SMILES string of the molecule is CC1CCCC(C)N1NC(=O)c1ccccc1C#CCN. The molecule has 0 aromatic heterocycles. The van der Waals surface area contributed by atoms with Crippen molar-refractivity contribution in [1.29, 1.82) is 0 Å². The van der Waals surface area contributed by atoms with Crippen LogP contribution < -0.4 is 11.2 Å². The van der Waals surface area contributed by atoms with Gasteiger partial charge < -0.3 is 5.73 Å². The number of carbonyl (C=O) groups is 1. The molecule has 0 saturated carbocycles. The second kappa shape index (κ2) is 7.26. The van der Waals surface area contributed by atoms with Gasteiger partial charge in [0.05, 0.1) is 12.1 Å². The van der Waals surface area contributed by atoms with Gasteiger partial charge in [-0.1, -0.05) is 30.4 Å². The van der Waals surface area contributed by atoms with Crippen LogP contribution in [0.15, 0.2) is 24.3 Å². The highest BCUT2D eigenvalue weighted by atomic mass is 16.2. The Kier molecular flexibility index (Phi) is 5.38. The Labute approximate surface area is 126 Å². The van der Waals surface area contributed by atoms with Crippen LogP contribution in [0, 0.1) is 11.8 Å². The molecule has 2 atom stereocenters. The fraction of sp³-hybridized carbons (Fsp3) is 0.471. The summed E-state index contributed by atoms with van der Waals surface area (Å²) >= 11 is 0. The Morgan fingerprint density at radius 2 is 2.00 bits per heavy atom. The number of piperidine rings is 1. The lowest BCUT2D eigenvalue weighted by Gasteiger charge is -2.38. The topological polar surface area (TPSA) is 58.4 Å². The first-order valence-electron chi connectivity index (χ1n) is 7.50. The molecular weight excluding hydrogens is 262 g/mol. The molecule has 1 amide bonds. The summed E-state index contributed by atoms with van der Waals surface area (Å²) in [6, 6.07) is 8.10. The summed E-state index contributed by atoms with van der Waals surface area (Å²) in [5, 5.41) is 2.07. The number of nitrogens with zero attached hydrogens (tertiary/aromatic N) is 1. The molecule has 112 valence electrons. The van der Waals surface area contributed by atoms with Crippen LogP contribution in [0.4, 0.5) is 0 Å². The van der Waals surface area contributed by atoms with E-state index in [1.54, 1.807) is 6.07 Å². The smallest absolute Gasteiger partial charge is 0.266 e. The minimum atomic E-state index is -0.0995. The van der Waals surface area contributed by atoms with E-state index in [1.165, 1.54) is 6.42 Å². The molecule has 0 radical (unpaired) electrons. The van der Waals surface area contributed by atoms with E-state index in [0.29, 0.717) is 17.6 Å². The van der Waals surface area contributed by atoms with Crippen molar-refractivity contribution in [2.75, 3.05) is 6.54 Å². The molecule has 1 aromatic rings. The molecule has 1 aliphatic rings. The highest BCUT2D eigenvalue weighted by Crippen LogP contribution is 2.20. The number of benzene rings is 1. The van der Waals surface area contributed by atoms with Gasteiger partial charge in [0.25, 0.3) is 5.91 Å². The van der Waals surface area contributed by atoms with Crippen molar-refractivity contribution in [3.05, 3.63) is 35.4 Å². The van der Waals surface area contributed by atoms with Gasteiger partial charge in [0.15, 0.2) is 0 Å². The minimum Gasteiger partial charge on any atom is -0.320 e. The average molecular weight is 285 g/mol. The molecule has 3 N–H and O–H groups in total. The molecule has 2 rings (SSSR count). The van der Waals surface area contributed by atoms with Crippen molar-refractivity contribution < 1.29 is 4.79 Å². The third-order valence-electron chi connectivity index (χ3n) is 3.92. The van der Waals surface area contributed by atoms with Crippen molar-refractivity contribution in [2.24, 2.45) is 5.73 Å². The summed E-state index contributed by atoms with van der Waals surface area (Å²) in [5.41, 5.74) is 9.77. The van der Waals surface area contributed by atoms with Gasteiger partial charge in [0.1, 0.15) is 0 Å². The van der Waals surface area contributed by atoms with Crippen LogP contribution in [-0.4, -0.2) is 29.5 Å². The van der Waals surface area contributed by atoms with Gasteiger partial charge >= 0.3 is 0 Å². The van der Waals surface area contributed by atoms with Crippen molar-refractivity contribution in [3.63, 3.8) is 0 Å². The summed E-state index contributed by atoms with van der Waals surface area (Å²) in [5.74, 6) is 5.66. The van der Waals surface area contributed by atoms with Crippen LogP contribution in [0.25, 0.3) is 0 Å². The van der Waals surface area contributed by atoms with E-state index in [1.807, 2.05) is 18.2 Å². The number of hydrogen-bond acceptors (Lipinski definition) is 3. The van der Waals surface area contributed by atoms with Crippen molar-refractivity contribution in [1.82, 2.24) is 10.4 Å². The lowest BCUT2D eigenvalue weighted by atomic mass is 9.99. The van der Waals surface area contributed by atoms with Crippen molar-refractivity contribution in [2.45, 2.75) is 45.2 Å². The molecule has 1 aliphatic heterocycles. The number of hydrazine groups is 1. The van der Waals surface area contributed by atoms with E-state index >= 15 is 0 Å². The number of amides is 1. The summed E-state index contributed by atoms with van der Waals surface area (Å²) in [6.45, 7) is 4.59. The van der Waals surface area contributed by atoms with E-state index in [-0.39, 0.29) is 12.5 Å². The van der Waals surface area contributed by atoms with Crippen molar-refractivity contribution >= 4 is 5.91 Å². The maximum atomic E-state index is 12.5. The first-order valence-corrected chi connectivity index (χ1v) is 7.50. The Morgan fingerprint density at radius 1 is 1.33 bits per heavy atom. The number of rotatable bonds is 2. The largest absolute Gasteiger partial charge is 0.320 e.